The van der Waals surface area contributed by atoms with Crippen LogP contribution in [0.25, 0.3) is 0 Å². The van der Waals surface area contributed by atoms with Crippen molar-refractivity contribution in [2.45, 2.75) is 37.0 Å². The number of amides is 3. The highest BCUT2D eigenvalue weighted by atomic mass is 32.1. The smallest absolute Gasteiger partial charge is 0.327 e. The second-order valence-corrected chi connectivity index (χ2v) is 8.60. The third-order valence-corrected chi connectivity index (χ3v) is 5.89. The summed E-state index contributed by atoms with van der Waals surface area (Å²) in [5.74, 6) is -3.27. The molecule has 2 aromatic carbocycles. The summed E-state index contributed by atoms with van der Waals surface area (Å²) in [4.78, 5) is 49.7. The van der Waals surface area contributed by atoms with Crippen LogP contribution in [0.3, 0.4) is 0 Å². The van der Waals surface area contributed by atoms with Gasteiger partial charge in [-0.15, -0.1) is 0 Å². The summed E-state index contributed by atoms with van der Waals surface area (Å²) in [5.41, 5.74) is 7.63. The minimum Gasteiger partial charge on any atom is -0.480 e. The molecule has 0 saturated heterocycles. The van der Waals surface area contributed by atoms with E-state index in [-0.39, 0.29) is 24.3 Å². The van der Waals surface area contributed by atoms with E-state index in [9.17, 15) is 24.3 Å². The predicted octanol–water partition coefficient (Wildman–Crippen LogP) is 0.198. The molecule has 0 aromatic heterocycles. The van der Waals surface area contributed by atoms with Crippen LogP contribution in [0.15, 0.2) is 60.7 Å². The van der Waals surface area contributed by atoms with E-state index < -0.39 is 47.9 Å². The average molecular weight is 519 g/mol. The Balaban J connectivity index is 2.09. The lowest BCUT2D eigenvalue weighted by molar-refractivity contribution is -0.141. The third kappa shape index (κ3) is 9.27. The number of nitrogens with two attached hydrogens (primary N) is 1. The van der Waals surface area contributed by atoms with Crippen molar-refractivity contribution in [3.63, 3.8) is 0 Å². The number of benzene rings is 2. The van der Waals surface area contributed by atoms with Crippen LogP contribution < -0.4 is 21.7 Å². The SMILES string of the molecule is NC(Cc1ccccc1)C(=O)NC(CS)C(=O)NC(Cc1ccccc1)C(=O)NC(CS)C(=O)O. The molecule has 9 nitrogen and oxygen atoms in total. The molecule has 4 unspecified atom stereocenters. The van der Waals surface area contributed by atoms with Crippen LogP contribution in [0.4, 0.5) is 0 Å². The highest BCUT2D eigenvalue weighted by Gasteiger charge is 2.29. The van der Waals surface area contributed by atoms with Crippen LogP contribution in [0, 0.1) is 0 Å². The van der Waals surface area contributed by atoms with Gasteiger partial charge in [0.1, 0.15) is 18.1 Å². The second kappa shape index (κ2) is 14.4. The first kappa shape index (κ1) is 28.2. The molecule has 188 valence electrons. The Bertz CT molecular complexity index is 994. The van der Waals surface area contributed by atoms with Gasteiger partial charge in [0.15, 0.2) is 0 Å². The molecule has 4 atom stereocenters. The molecule has 0 heterocycles. The summed E-state index contributed by atoms with van der Waals surface area (Å²) in [7, 11) is 0. The zero-order chi connectivity index (χ0) is 25.8. The second-order valence-electron chi connectivity index (χ2n) is 7.87. The summed E-state index contributed by atoms with van der Waals surface area (Å²) in [6, 6.07) is 13.9. The minimum absolute atomic E-state index is 0.0380. The van der Waals surface area contributed by atoms with Crippen LogP contribution in [-0.4, -0.2) is 64.5 Å². The van der Waals surface area contributed by atoms with Crippen molar-refractivity contribution in [3.05, 3.63) is 71.8 Å². The van der Waals surface area contributed by atoms with E-state index in [1.807, 2.05) is 36.4 Å². The van der Waals surface area contributed by atoms with Gasteiger partial charge in [0.05, 0.1) is 6.04 Å². The molecule has 11 heteroatoms. The molecule has 2 rings (SSSR count). The maximum Gasteiger partial charge on any atom is 0.327 e. The van der Waals surface area contributed by atoms with Gasteiger partial charge in [0.25, 0.3) is 0 Å². The quantitative estimate of drug-likeness (QED) is 0.188. The summed E-state index contributed by atoms with van der Waals surface area (Å²) in [6.07, 6.45) is 0.394. The topological polar surface area (TPSA) is 151 Å². The van der Waals surface area contributed by atoms with E-state index in [2.05, 4.69) is 41.2 Å². The van der Waals surface area contributed by atoms with Gasteiger partial charge >= 0.3 is 5.97 Å². The number of hydrogen-bond acceptors (Lipinski definition) is 7. The maximum atomic E-state index is 13.0. The standard InChI is InChI=1S/C24H30N4O5S2/c25-17(11-15-7-3-1-4-8-15)21(29)27-19(13-34)23(31)26-18(12-16-9-5-2-6-10-16)22(30)28-20(14-35)24(32)33/h1-10,17-20,34-35H,11-14,25H2,(H,26,31)(H,27,29)(H,28,30)(H,32,33). The summed E-state index contributed by atoms with van der Waals surface area (Å²) in [5, 5.41) is 16.8. The predicted molar refractivity (Wildman–Crippen MR) is 139 cm³/mol. The number of hydrogen-bond donors (Lipinski definition) is 7. The Morgan fingerprint density at radius 1 is 0.686 bits per heavy atom. The number of aliphatic carboxylic acids is 1. The van der Waals surface area contributed by atoms with Crippen LogP contribution in [0.2, 0.25) is 0 Å². The fourth-order valence-electron chi connectivity index (χ4n) is 3.22. The molecule has 0 aliphatic rings. The zero-order valence-electron chi connectivity index (χ0n) is 19.0. The number of thiol groups is 2. The Morgan fingerprint density at radius 2 is 1.11 bits per heavy atom. The average Bonchev–Trinajstić information content (AvgIpc) is 2.85. The number of rotatable bonds is 13. The first-order valence-electron chi connectivity index (χ1n) is 10.9. The van der Waals surface area contributed by atoms with Gasteiger partial charge in [-0.25, -0.2) is 4.79 Å². The van der Waals surface area contributed by atoms with Gasteiger partial charge in [-0.1, -0.05) is 60.7 Å². The molecule has 0 aliphatic carbocycles. The largest absolute Gasteiger partial charge is 0.480 e. The lowest BCUT2D eigenvalue weighted by Gasteiger charge is -2.24. The molecule has 0 fully saturated rings. The van der Waals surface area contributed by atoms with Crippen LogP contribution >= 0.6 is 25.3 Å². The molecule has 0 spiro atoms. The van der Waals surface area contributed by atoms with Crippen molar-refractivity contribution in [2.24, 2.45) is 5.73 Å². The number of carboxylic acid groups (broad SMARTS) is 1. The normalized spacial score (nSPS) is 14.1. The molecular formula is C24H30N4O5S2. The molecule has 2 aromatic rings. The highest BCUT2D eigenvalue weighted by Crippen LogP contribution is 2.06. The molecule has 0 bridgehead atoms. The molecule has 0 radical (unpaired) electrons. The van der Waals surface area contributed by atoms with Gasteiger partial charge in [-0.2, -0.15) is 25.3 Å². The highest BCUT2D eigenvalue weighted by molar-refractivity contribution is 7.80. The minimum atomic E-state index is -1.24. The van der Waals surface area contributed by atoms with Gasteiger partial charge < -0.3 is 26.8 Å². The Labute approximate surface area is 215 Å². The van der Waals surface area contributed by atoms with Crippen LogP contribution in [0.1, 0.15) is 11.1 Å². The number of nitrogens with one attached hydrogen (secondary N) is 3. The van der Waals surface area contributed by atoms with Crippen molar-refractivity contribution >= 4 is 48.9 Å². The number of carbonyl (C=O) groups is 4. The van der Waals surface area contributed by atoms with Gasteiger partial charge in [0, 0.05) is 17.9 Å². The van der Waals surface area contributed by atoms with E-state index >= 15 is 0 Å². The van der Waals surface area contributed by atoms with E-state index in [1.165, 1.54) is 0 Å². The van der Waals surface area contributed by atoms with Gasteiger partial charge in [0.2, 0.25) is 17.7 Å². The Kier molecular flexibility index (Phi) is 11.6. The Morgan fingerprint density at radius 3 is 1.60 bits per heavy atom. The fourth-order valence-corrected chi connectivity index (χ4v) is 3.73. The maximum absolute atomic E-state index is 13.0. The molecular weight excluding hydrogens is 488 g/mol. The zero-order valence-corrected chi connectivity index (χ0v) is 20.8. The lowest BCUT2D eigenvalue weighted by atomic mass is 10.0. The first-order valence-corrected chi connectivity index (χ1v) is 12.2. The van der Waals surface area contributed by atoms with E-state index in [0.717, 1.165) is 11.1 Å². The van der Waals surface area contributed by atoms with Gasteiger partial charge in [-0.3, -0.25) is 14.4 Å². The van der Waals surface area contributed by atoms with Crippen molar-refractivity contribution in [3.8, 4) is 0 Å². The summed E-state index contributed by atoms with van der Waals surface area (Å²) < 4.78 is 0. The summed E-state index contributed by atoms with van der Waals surface area (Å²) in [6.45, 7) is 0. The van der Waals surface area contributed by atoms with Crippen molar-refractivity contribution in [1.82, 2.24) is 16.0 Å². The van der Waals surface area contributed by atoms with Crippen molar-refractivity contribution < 1.29 is 24.3 Å². The number of carboxylic acids is 1. The van der Waals surface area contributed by atoms with Gasteiger partial charge in [-0.05, 0) is 17.5 Å². The van der Waals surface area contributed by atoms with Crippen LogP contribution in [-0.2, 0) is 32.0 Å². The van der Waals surface area contributed by atoms with Crippen molar-refractivity contribution in [2.75, 3.05) is 11.5 Å². The molecule has 6 N–H and O–H groups in total. The number of carbonyl (C=O) groups excluding carboxylic acids is 3. The molecule has 0 saturated carbocycles. The monoisotopic (exact) mass is 518 g/mol. The third-order valence-electron chi connectivity index (χ3n) is 5.16. The van der Waals surface area contributed by atoms with E-state index in [1.54, 1.807) is 24.3 Å². The lowest BCUT2D eigenvalue weighted by Crippen LogP contribution is -2.58. The van der Waals surface area contributed by atoms with Crippen LogP contribution in [0.5, 0.6) is 0 Å². The first-order chi connectivity index (χ1) is 16.7. The van der Waals surface area contributed by atoms with Crippen molar-refractivity contribution in [1.29, 1.82) is 0 Å². The Hall–Kier alpha value is -3.02. The summed E-state index contributed by atoms with van der Waals surface area (Å²) >= 11 is 8.12. The fraction of sp³-hybridized carbons (Fsp3) is 0.333. The molecule has 3 amide bonds. The van der Waals surface area contributed by atoms with E-state index in [4.69, 9.17) is 5.73 Å². The molecule has 0 aliphatic heterocycles. The van der Waals surface area contributed by atoms with E-state index in [0.29, 0.717) is 0 Å². The molecule has 35 heavy (non-hydrogen) atoms.